The predicted molar refractivity (Wildman–Crippen MR) is 74.2 cm³/mol. The monoisotopic (exact) mass is 256 g/mol. The molecule has 0 aromatic carbocycles. The predicted octanol–water partition coefficient (Wildman–Crippen LogP) is 2.21. The summed E-state index contributed by atoms with van der Waals surface area (Å²) in [5.74, 6) is 0. The third-order valence-electron chi connectivity index (χ3n) is 4.07. The van der Waals surface area contributed by atoms with Gasteiger partial charge < -0.3 is 15.4 Å². The lowest BCUT2D eigenvalue weighted by molar-refractivity contribution is 0.0261. The normalized spacial score (nSPS) is 24.5. The number of hydrogen-bond acceptors (Lipinski definition) is 2. The van der Waals surface area contributed by atoms with Crippen molar-refractivity contribution in [3.05, 3.63) is 0 Å². The number of nitrogens with one attached hydrogen (secondary N) is 2. The number of ether oxygens (including phenoxy) is 1. The van der Waals surface area contributed by atoms with E-state index in [1.54, 1.807) is 0 Å². The van der Waals surface area contributed by atoms with Crippen molar-refractivity contribution < 1.29 is 4.74 Å². The first-order valence-electron chi connectivity index (χ1n) is 6.80. The lowest BCUT2D eigenvalue weighted by Gasteiger charge is -2.34. The van der Waals surface area contributed by atoms with Crippen molar-refractivity contribution in [1.82, 2.24) is 10.6 Å². The maximum atomic E-state index is 5.40. The minimum atomic E-state index is 0.347. The standard InChI is InChI=1S/C13H24N2OS/c1-13(6-8-16-9-7-13)10-14-12(17)15-11-4-2-3-5-11/h11H,2-10H2,1H3,(H2,14,15,17). The molecule has 0 atom stereocenters. The van der Waals surface area contributed by atoms with Crippen molar-refractivity contribution in [1.29, 1.82) is 0 Å². The van der Waals surface area contributed by atoms with Crippen LogP contribution in [-0.4, -0.2) is 30.9 Å². The third kappa shape index (κ3) is 4.11. The average molecular weight is 256 g/mol. The van der Waals surface area contributed by atoms with Gasteiger partial charge in [-0.05, 0) is 43.3 Å². The van der Waals surface area contributed by atoms with Crippen LogP contribution >= 0.6 is 12.2 Å². The van der Waals surface area contributed by atoms with Gasteiger partial charge >= 0.3 is 0 Å². The highest BCUT2D eigenvalue weighted by Crippen LogP contribution is 2.28. The summed E-state index contributed by atoms with van der Waals surface area (Å²) >= 11 is 5.36. The van der Waals surface area contributed by atoms with Crippen LogP contribution < -0.4 is 10.6 Å². The van der Waals surface area contributed by atoms with E-state index in [0.717, 1.165) is 37.7 Å². The quantitative estimate of drug-likeness (QED) is 0.759. The summed E-state index contributed by atoms with van der Waals surface area (Å²) in [6.45, 7) is 5.07. The molecule has 2 N–H and O–H groups in total. The SMILES string of the molecule is CC1(CNC(=S)NC2CCCC2)CCOCC1. The highest BCUT2D eigenvalue weighted by Gasteiger charge is 2.27. The van der Waals surface area contributed by atoms with Crippen molar-refractivity contribution in [2.24, 2.45) is 5.41 Å². The smallest absolute Gasteiger partial charge is 0.166 e. The van der Waals surface area contributed by atoms with E-state index in [1.165, 1.54) is 25.7 Å². The molecule has 0 aromatic heterocycles. The third-order valence-corrected chi connectivity index (χ3v) is 4.33. The molecule has 3 nitrogen and oxygen atoms in total. The highest BCUT2D eigenvalue weighted by molar-refractivity contribution is 7.80. The van der Waals surface area contributed by atoms with Crippen molar-refractivity contribution in [2.45, 2.75) is 51.5 Å². The zero-order valence-electron chi connectivity index (χ0n) is 10.8. The Morgan fingerprint density at radius 2 is 1.94 bits per heavy atom. The van der Waals surface area contributed by atoms with Crippen LogP contribution in [0.3, 0.4) is 0 Å². The summed E-state index contributed by atoms with van der Waals surface area (Å²) in [5.41, 5.74) is 0.347. The Morgan fingerprint density at radius 3 is 2.59 bits per heavy atom. The minimum absolute atomic E-state index is 0.347. The maximum absolute atomic E-state index is 5.40. The molecule has 0 radical (unpaired) electrons. The number of hydrogen-bond donors (Lipinski definition) is 2. The van der Waals surface area contributed by atoms with Crippen LogP contribution in [0, 0.1) is 5.41 Å². The molecule has 1 saturated heterocycles. The Labute approximate surface area is 110 Å². The van der Waals surface area contributed by atoms with E-state index in [9.17, 15) is 0 Å². The zero-order chi connectivity index (χ0) is 12.1. The van der Waals surface area contributed by atoms with Gasteiger partial charge in [-0.15, -0.1) is 0 Å². The Morgan fingerprint density at radius 1 is 1.29 bits per heavy atom. The van der Waals surface area contributed by atoms with E-state index in [2.05, 4.69) is 17.6 Å². The van der Waals surface area contributed by atoms with Crippen molar-refractivity contribution in [2.75, 3.05) is 19.8 Å². The second-order valence-electron chi connectivity index (χ2n) is 5.73. The molecule has 1 aliphatic heterocycles. The van der Waals surface area contributed by atoms with Crippen LogP contribution in [0.2, 0.25) is 0 Å². The zero-order valence-corrected chi connectivity index (χ0v) is 11.6. The topological polar surface area (TPSA) is 33.3 Å². The molecule has 1 aliphatic carbocycles. The van der Waals surface area contributed by atoms with Gasteiger partial charge in [0, 0.05) is 25.8 Å². The Bertz CT molecular complexity index is 258. The molecule has 4 heteroatoms. The summed E-state index contributed by atoms with van der Waals surface area (Å²) in [5, 5.41) is 7.65. The van der Waals surface area contributed by atoms with Crippen LogP contribution in [0.25, 0.3) is 0 Å². The van der Waals surface area contributed by atoms with Gasteiger partial charge in [-0.1, -0.05) is 19.8 Å². The molecule has 2 rings (SSSR count). The van der Waals surface area contributed by atoms with Crippen LogP contribution in [0.15, 0.2) is 0 Å². The van der Waals surface area contributed by atoms with Crippen molar-refractivity contribution >= 4 is 17.3 Å². The summed E-state index contributed by atoms with van der Waals surface area (Å²) in [4.78, 5) is 0. The van der Waals surface area contributed by atoms with E-state index in [-0.39, 0.29) is 0 Å². The highest BCUT2D eigenvalue weighted by atomic mass is 32.1. The fourth-order valence-electron chi connectivity index (χ4n) is 2.64. The maximum Gasteiger partial charge on any atom is 0.166 e. The second-order valence-corrected chi connectivity index (χ2v) is 6.14. The van der Waals surface area contributed by atoms with E-state index in [4.69, 9.17) is 17.0 Å². The molecule has 1 saturated carbocycles. The number of thiocarbonyl (C=S) groups is 1. The molecule has 17 heavy (non-hydrogen) atoms. The summed E-state index contributed by atoms with van der Waals surface area (Å²) in [7, 11) is 0. The molecule has 0 spiro atoms. The molecule has 0 amide bonds. The van der Waals surface area contributed by atoms with Gasteiger partial charge in [0.2, 0.25) is 0 Å². The Hall–Kier alpha value is -0.350. The lowest BCUT2D eigenvalue weighted by atomic mass is 9.82. The summed E-state index contributed by atoms with van der Waals surface area (Å²) in [6.07, 6.45) is 7.49. The molecule has 0 unspecified atom stereocenters. The van der Waals surface area contributed by atoms with Crippen molar-refractivity contribution in [3.8, 4) is 0 Å². The average Bonchev–Trinajstić information content (AvgIpc) is 2.80. The second kappa shape index (κ2) is 6.01. The first-order chi connectivity index (χ1) is 8.18. The molecule has 0 bridgehead atoms. The molecule has 98 valence electrons. The van der Waals surface area contributed by atoms with Gasteiger partial charge in [0.15, 0.2) is 5.11 Å². The van der Waals surface area contributed by atoms with Gasteiger partial charge in [0.1, 0.15) is 0 Å². The molecule has 1 heterocycles. The Kier molecular flexibility index (Phi) is 4.62. The fourth-order valence-corrected chi connectivity index (χ4v) is 2.88. The van der Waals surface area contributed by atoms with Gasteiger partial charge in [-0.2, -0.15) is 0 Å². The summed E-state index contributed by atoms with van der Waals surface area (Å²) in [6, 6.07) is 0.609. The van der Waals surface area contributed by atoms with E-state index >= 15 is 0 Å². The van der Waals surface area contributed by atoms with Crippen LogP contribution in [0.4, 0.5) is 0 Å². The van der Waals surface area contributed by atoms with Gasteiger partial charge in [0.25, 0.3) is 0 Å². The van der Waals surface area contributed by atoms with Crippen LogP contribution in [-0.2, 0) is 4.74 Å². The Balaban J connectivity index is 1.67. The van der Waals surface area contributed by atoms with Crippen LogP contribution in [0.1, 0.15) is 45.4 Å². The van der Waals surface area contributed by atoms with E-state index in [0.29, 0.717) is 11.5 Å². The van der Waals surface area contributed by atoms with Gasteiger partial charge in [-0.25, -0.2) is 0 Å². The first kappa shape index (κ1) is 13.1. The van der Waals surface area contributed by atoms with Crippen molar-refractivity contribution in [3.63, 3.8) is 0 Å². The van der Waals surface area contributed by atoms with E-state index in [1.807, 2.05) is 0 Å². The number of rotatable bonds is 3. The van der Waals surface area contributed by atoms with Gasteiger partial charge in [0.05, 0.1) is 0 Å². The van der Waals surface area contributed by atoms with Crippen LogP contribution in [0.5, 0.6) is 0 Å². The molecular weight excluding hydrogens is 232 g/mol. The van der Waals surface area contributed by atoms with Gasteiger partial charge in [-0.3, -0.25) is 0 Å². The first-order valence-corrected chi connectivity index (χ1v) is 7.21. The molecular formula is C13H24N2OS. The summed E-state index contributed by atoms with van der Waals surface area (Å²) < 4.78 is 5.40. The minimum Gasteiger partial charge on any atom is -0.381 e. The molecule has 2 fully saturated rings. The molecule has 2 aliphatic rings. The molecule has 0 aromatic rings. The lowest BCUT2D eigenvalue weighted by Crippen LogP contribution is -2.46. The largest absolute Gasteiger partial charge is 0.381 e. The van der Waals surface area contributed by atoms with E-state index < -0.39 is 0 Å². The fraction of sp³-hybridized carbons (Fsp3) is 0.923.